The first-order valence-corrected chi connectivity index (χ1v) is 7.77. The summed E-state index contributed by atoms with van der Waals surface area (Å²) in [5.74, 6) is -0.334. The fraction of sp³-hybridized carbons (Fsp3) is 0.429. The Hall–Kier alpha value is -1.17. The summed E-state index contributed by atoms with van der Waals surface area (Å²) in [5, 5.41) is 3.49. The van der Waals surface area contributed by atoms with E-state index in [-0.39, 0.29) is 40.7 Å². The van der Waals surface area contributed by atoms with E-state index in [0.717, 1.165) is 0 Å². The summed E-state index contributed by atoms with van der Waals surface area (Å²) in [6.45, 7) is 2.24. The fourth-order valence-electron chi connectivity index (χ4n) is 1.50. The van der Waals surface area contributed by atoms with Gasteiger partial charge in [-0.3, -0.25) is 9.59 Å². The van der Waals surface area contributed by atoms with Crippen molar-refractivity contribution in [3.05, 3.63) is 27.2 Å². The van der Waals surface area contributed by atoms with Crippen molar-refractivity contribution in [3.8, 4) is 5.75 Å². The van der Waals surface area contributed by atoms with E-state index in [1.54, 1.807) is 6.92 Å². The standard InChI is InChI=1S/C14H16Cl3NO4/c1-2-21-14(20)4-3-5-18-13(19)8-22-12-7-10(16)9(15)6-11(12)17/h6-7H,2-5,8H2,1H3,(H,18,19). The van der Waals surface area contributed by atoms with Gasteiger partial charge in [-0.15, -0.1) is 0 Å². The molecular weight excluding hydrogens is 353 g/mol. The van der Waals surface area contributed by atoms with Crippen molar-refractivity contribution in [1.29, 1.82) is 0 Å². The van der Waals surface area contributed by atoms with Crippen molar-refractivity contribution in [3.63, 3.8) is 0 Å². The minimum atomic E-state index is -0.328. The van der Waals surface area contributed by atoms with Crippen molar-refractivity contribution in [2.45, 2.75) is 19.8 Å². The Morgan fingerprint density at radius 1 is 1.14 bits per heavy atom. The number of hydrogen-bond donors (Lipinski definition) is 1. The first-order valence-electron chi connectivity index (χ1n) is 6.63. The molecule has 1 N–H and O–H groups in total. The molecule has 0 atom stereocenters. The number of ether oxygens (including phenoxy) is 2. The molecular formula is C14H16Cl3NO4. The third-order valence-corrected chi connectivity index (χ3v) is 3.54. The molecule has 0 saturated carbocycles. The minimum absolute atomic E-state index is 0.211. The summed E-state index contributed by atoms with van der Waals surface area (Å²) in [5.41, 5.74) is 0. The maximum atomic E-state index is 11.6. The van der Waals surface area contributed by atoms with Crippen LogP contribution in [0, 0.1) is 0 Å². The second kappa shape index (κ2) is 9.77. The molecule has 0 bridgehead atoms. The number of esters is 1. The third kappa shape index (κ3) is 6.73. The number of amides is 1. The van der Waals surface area contributed by atoms with Gasteiger partial charge in [0, 0.05) is 19.0 Å². The van der Waals surface area contributed by atoms with Crippen LogP contribution in [0.5, 0.6) is 5.75 Å². The first kappa shape index (κ1) is 18.9. The molecule has 122 valence electrons. The average Bonchev–Trinajstić information content (AvgIpc) is 2.46. The molecule has 0 aliphatic heterocycles. The molecule has 0 aliphatic rings. The van der Waals surface area contributed by atoms with Gasteiger partial charge in [-0.25, -0.2) is 0 Å². The van der Waals surface area contributed by atoms with Gasteiger partial charge in [-0.1, -0.05) is 34.8 Å². The summed E-state index contributed by atoms with van der Waals surface area (Å²) in [4.78, 5) is 22.7. The Morgan fingerprint density at radius 3 is 2.50 bits per heavy atom. The van der Waals surface area contributed by atoms with Crippen molar-refractivity contribution >= 4 is 46.7 Å². The maximum absolute atomic E-state index is 11.6. The second-order valence-corrected chi connectivity index (χ2v) is 5.47. The highest BCUT2D eigenvalue weighted by Gasteiger charge is 2.09. The van der Waals surface area contributed by atoms with Gasteiger partial charge in [0.05, 0.1) is 21.7 Å². The van der Waals surface area contributed by atoms with Gasteiger partial charge in [0.25, 0.3) is 5.91 Å². The summed E-state index contributed by atoms with van der Waals surface area (Å²) in [7, 11) is 0. The molecule has 1 aromatic rings. The van der Waals surface area contributed by atoms with Gasteiger partial charge in [0.2, 0.25) is 0 Å². The van der Waals surface area contributed by atoms with E-state index in [4.69, 9.17) is 44.3 Å². The Labute approximate surface area is 143 Å². The number of benzene rings is 1. The molecule has 0 spiro atoms. The van der Waals surface area contributed by atoms with Crippen molar-refractivity contribution in [1.82, 2.24) is 5.32 Å². The lowest BCUT2D eigenvalue weighted by Crippen LogP contribution is -2.30. The SMILES string of the molecule is CCOC(=O)CCCNC(=O)COc1cc(Cl)c(Cl)cc1Cl. The molecule has 0 radical (unpaired) electrons. The lowest BCUT2D eigenvalue weighted by atomic mass is 10.3. The first-order chi connectivity index (χ1) is 10.4. The molecule has 0 fully saturated rings. The lowest BCUT2D eigenvalue weighted by Gasteiger charge is -2.09. The van der Waals surface area contributed by atoms with Crippen LogP contribution in [0.3, 0.4) is 0 Å². The highest BCUT2D eigenvalue weighted by atomic mass is 35.5. The monoisotopic (exact) mass is 367 g/mol. The van der Waals surface area contributed by atoms with E-state index >= 15 is 0 Å². The largest absolute Gasteiger partial charge is 0.482 e. The molecule has 0 heterocycles. The number of halogens is 3. The van der Waals surface area contributed by atoms with E-state index in [1.807, 2.05) is 0 Å². The quantitative estimate of drug-likeness (QED) is 0.433. The van der Waals surface area contributed by atoms with Crippen LogP contribution >= 0.6 is 34.8 Å². The van der Waals surface area contributed by atoms with E-state index in [0.29, 0.717) is 24.6 Å². The van der Waals surface area contributed by atoms with E-state index in [9.17, 15) is 9.59 Å². The molecule has 0 aliphatic carbocycles. The zero-order valence-corrected chi connectivity index (χ0v) is 14.2. The van der Waals surface area contributed by atoms with Crippen LogP contribution in [0.25, 0.3) is 0 Å². The number of nitrogens with one attached hydrogen (secondary N) is 1. The van der Waals surface area contributed by atoms with Crippen LogP contribution < -0.4 is 10.1 Å². The van der Waals surface area contributed by atoms with Gasteiger partial charge >= 0.3 is 5.97 Å². The topological polar surface area (TPSA) is 64.6 Å². The summed E-state index contributed by atoms with van der Waals surface area (Å²) in [6.07, 6.45) is 0.756. The molecule has 1 amide bonds. The Balaban J connectivity index is 2.29. The summed E-state index contributed by atoms with van der Waals surface area (Å²) < 4.78 is 10.0. The van der Waals surface area contributed by atoms with E-state index in [2.05, 4.69) is 5.32 Å². The van der Waals surface area contributed by atoms with E-state index in [1.165, 1.54) is 12.1 Å². The second-order valence-electron chi connectivity index (χ2n) is 4.24. The molecule has 1 aromatic carbocycles. The number of rotatable bonds is 8. The number of hydrogen-bond acceptors (Lipinski definition) is 4. The Bertz CT molecular complexity index is 537. The van der Waals surface area contributed by atoms with Gasteiger partial charge in [0.1, 0.15) is 5.75 Å². The molecule has 5 nitrogen and oxygen atoms in total. The zero-order valence-electron chi connectivity index (χ0n) is 12.0. The van der Waals surface area contributed by atoms with Crippen LogP contribution in [0.2, 0.25) is 15.1 Å². The maximum Gasteiger partial charge on any atom is 0.305 e. The number of carbonyl (C=O) groups is 2. The van der Waals surface area contributed by atoms with Crippen LogP contribution in [0.4, 0.5) is 0 Å². The molecule has 0 unspecified atom stereocenters. The highest BCUT2D eigenvalue weighted by molar-refractivity contribution is 6.43. The number of carbonyl (C=O) groups excluding carboxylic acids is 2. The Morgan fingerprint density at radius 2 is 1.82 bits per heavy atom. The van der Waals surface area contributed by atoms with Crippen LogP contribution in [0.1, 0.15) is 19.8 Å². The van der Waals surface area contributed by atoms with Crippen molar-refractivity contribution < 1.29 is 19.1 Å². The molecule has 0 aromatic heterocycles. The predicted molar refractivity (Wildman–Crippen MR) is 85.8 cm³/mol. The van der Waals surface area contributed by atoms with Crippen LogP contribution in [0.15, 0.2) is 12.1 Å². The van der Waals surface area contributed by atoms with Gasteiger partial charge in [0.15, 0.2) is 6.61 Å². The lowest BCUT2D eigenvalue weighted by molar-refractivity contribution is -0.143. The Kier molecular flexibility index (Phi) is 8.38. The van der Waals surface area contributed by atoms with E-state index < -0.39 is 0 Å². The molecule has 22 heavy (non-hydrogen) atoms. The van der Waals surface area contributed by atoms with Crippen LogP contribution in [-0.2, 0) is 14.3 Å². The average molecular weight is 369 g/mol. The normalized spacial score (nSPS) is 10.2. The fourth-order valence-corrected chi connectivity index (χ4v) is 2.09. The van der Waals surface area contributed by atoms with Crippen LogP contribution in [-0.4, -0.2) is 31.6 Å². The zero-order chi connectivity index (χ0) is 16.5. The predicted octanol–water partition coefficient (Wildman–Crippen LogP) is 3.49. The molecule has 0 saturated heterocycles. The van der Waals surface area contributed by atoms with Gasteiger partial charge in [-0.05, 0) is 19.4 Å². The van der Waals surface area contributed by atoms with Gasteiger partial charge < -0.3 is 14.8 Å². The van der Waals surface area contributed by atoms with Crippen molar-refractivity contribution in [2.24, 2.45) is 0 Å². The molecule has 1 rings (SSSR count). The summed E-state index contributed by atoms with van der Waals surface area (Å²) in [6, 6.07) is 2.89. The highest BCUT2D eigenvalue weighted by Crippen LogP contribution is 2.33. The third-order valence-electron chi connectivity index (χ3n) is 2.52. The smallest absolute Gasteiger partial charge is 0.305 e. The minimum Gasteiger partial charge on any atom is -0.482 e. The summed E-state index contributed by atoms with van der Waals surface area (Å²) >= 11 is 17.6. The molecule has 8 heteroatoms. The van der Waals surface area contributed by atoms with Crippen molar-refractivity contribution in [2.75, 3.05) is 19.8 Å². The van der Waals surface area contributed by atoms with Gasteiger partial charge in [-0.2, -0.15) is 0 Å².